The van der Waals surface area contributed by atoms with Gasteiger partial charge in [0.1, 0.15) is 0 Å². The number of rotatable bonds is 9. The van der Waals surface area contributed by atoms with Crippen LogP contribution in [0, 0.1) is 30.6 Å². The number of likely N-dealkylation sites (tertiary alicyclic amines) is 2. The van der Waals surface area contributed by atoms with Gasteiger partial charge in [-0.2, -0.15) is 5.01 Å². The summed E-state index contributed by atoms with van der Waals surface area (Å²) in [7, 11) is 2.90. The lowest BCUT2D eigenvalue weighted by atomic mass is 9.49. The van der Waals surface area contributed by atoms with E-state index < -0.39 is 46.8 Å². The van der Waals surface area contributed by atoms with Crippen LogP contribution < -0.4 is 14.9 Å². The maximum atomic E-state index is 15.5. The third-order valence-corrected chi connectivity index (χ3v) is 13.4. The minimum Gasteiger partial charge on any atom is -0.502 e. The van der Waals surface area contributed by atoms with Gasteiger partial charge in [0, 0.05) is 31.6 Å². The number of nitrogens with zero attached hydrogens (tertiary/aromatic N) is 3. The second-order valence-electron chi connectivity index (χ2n) is 16.4. The number of hydrogen-bond donors (Lipinski definition) is 2. The molecule has 4 aromatic rings. The van der Waals surface area contributed by atoms with Crippen molar-refractivity contribution in [3.05, 3.63) is 131 Å². The second-order valence-corrected chi connectivity index (χ2v) is 16.4. The zero-order valence-corrected chi connectivity index (χ0v) is 33.0. The molecule has 0 aromatic heterocycles. The molecule has 0 bridgehead atoms. The van der Waals surface area contributed by atoms with Gasteiger partial charge in [-0.15, -0.1) is 0 Å². The molecular formula is C47H48N4O7. The number of aromatic hydroxyl groups is 1. The molecule has 4 amide bonds. The molecule has 3 saturated heterocycles. The fourth-order valence-corrected chi connectivity index (χ4v) is 10.8. The van der Waals surface area contributed by atoms with E-state index in [1.54, 1.807) is 17.0 Å². The summed E-state index contributed by atoms with van der Waals surface area (Å²) < 4.78 is 11.3. The highest BCUT2D eigenvalue weighted by Gasteiger charge is 2.70. The van der Waals surface area contributed by atoms with E-state index in [-0.39, 0.29) is 41.5 Å². The van der Waals surface area contributed by atoms with Gasteiger partial charge in [0.2, 0.25) is 17.6 Å². The van der Waals surface area contributed by atoms with Crippen LogP contribution in [-0.2, 0) is 31.1 Å². The van der Waals surface area contributed by atoms with Crippen molar-refractivity contribution in [3.8, 4) is 17.2 Å². The summed E-state index contributed by atoms with van der Waals surface area (Å²) in [5, 5.41) is 12.2. The number of allylic oxidation sites excluding steroid dienone is 2. The molecule has 11 heteroatoms. The third kappa shape index (κ3) is 5.89. The number of benzene rings is 4. The molecule has 4 fully saturated rings. The molecule has 5 aliphatic rings. The molecule has 2 aliphatic carbocycles. The molecule has 9 rings (SSSR count). The van der Waals surface area contributed by atoms with Crippen molar-refractivity contribution >= 4 is 29.3 Å². The first-order valence-corrected chi connectivity index (χ1v) is 20.2. The Hall–Kier alpha value is -5.94. The van der Waals surface area contributed by atoms with Crippen molar-refractivity contribution in [1.82, 2.24) is 14.8 Å². The van der Waals surface area contributed by atoms with Crippen LogP contribution >= 0.6 is 0 Å². The number of nitrogens with one attached hydrogen (secondary N) is 1. The highest BCUT2D eigenvalue weighted by Crippen LogP contribution is 2.65. The number of hydrogen-bond acceptors (Lipinski definition) is 9. The van der Waals surface area contributed by atoms with Crippen molar-refractivity contribution in [2.45, 2.75) is 56.5 Å². The van der Waals surface area contributed by atoms with E-state index in [4.69, 9.17) is 9.47 Å². The number of phenols is 1. The van der Waals surface area contributed by atoms with Crippen molar-refractivity contribution in [3.63, 3.8) is 0 Å². The molecule has 3 heterocycles. The summed E-state index contributed by atoms with van der Waals surface area (Å²) >= 11 is 0. The topological polar surface area (TPSA) is 129 Å². The summed E-state index contributed by atoms with van der Waals surface area (Å²) in [6.45, 7) is 4.33. The van der Waals surface area contributed by atoms with Gasteiger partial charge in [0.05, 0.1) is 43.1 Å². The Kier molecular flexibility index (Phi) is 9.59. The second kappa shape index (κ2) is 14.8. The van der Waals surface area contributed by atoms with E-state index in [0.717, 1.165) is 35.8 Å². The minimum absolute atomic E-state index is 0.146. The number of piperidine rings is 1. The molecule has 1 saturated carbocycles. The molecule has 0 radical (unpaired) electrons. The van der Waals surface area contributed by atoms with Crippen LogP contribution in [0.1, 0.15) is 53.9 Å². The highest BCUT2D eigenvalue weighted by atomic mass is 16.5. The molecule has 11 nitrogen and oxygen atoms in total. The molecule has 298 valence electrons. The number of phenolic OH excluding ortho intramolecular Hbond substituents is 1. The number of methoxy groups -OCH3 is 2. The molecule has 2 N–H and O–H groups in total. The largest absolute Gasteiger partial charge is 0.502 e. The van der Waals surface area contributed by atoms with Gasteiger partial charge in [-0.25, -0.2) is 0 Å². The van der Waals surface area contributed by atoms with Crippen LogP contribution in [0.5, 0.6) is 17.2 Å². The monoisotopic (exact) mass is 780 g/mol. The number of hydrazine groups is 1. The molecule has 58 heavy (non-hydrogen) atoms. The zero-order chi connectivity index (χ0) is 40.3. The smallest absolute Gasteiger partial charge is 0.260 e. The van der Waals surface area contributed by atoms with E-state index in [0.29, 0.717) is 36.1 Å². The van der Waals surface area contributed by atoms with E-state index >= 15 is 9.59 Å². The average molecular weight is 781 g/mol. The predicted molar refractivity (Wildman–Crippen MR) is 217 cm³/mol. The van der Waals surface area contributed by atoms with E-state index in [1.807, 2.05) is 85.8 Å². The molecule has 4 aromatic carbocycles. The quantitative estimate of drug-likeness (QED) is 0.147. The van der Waals surface area contributed by atoms with Crippen LogP contribution in [0.3, 0.4) is 0 Å². The van der Waals surface area contributed by atoms with Crippen molar-refractivity contribution in [1.29, 1.82) is 0 Å². The number of amides is 4. The number of anilines is 1. The first-order valence-electron chi connectivity index (χ1n) is 20.2. The summed E-state index contributed by atoms with van der Waals surface area (Å²) in [4.78, 5) is 63.8. The van der Waals surface area contributed by atoms with Gasteiger partial charge in [0.15, 0.2) is 11.5 Å². The van der Waals surface area contributed by atoms with Crippen LogP contribution in [0.4, 0.5) is 5.69 Å². The van der Waals surface area contributed by atoms with Crippen molar-refractivity contribution in [2.24, 2.45) is 23.7 Å². The number of carbonyl (C=O) groups excluding carboxylic acids is 4. The summed E-state index contributed by atoms with van der Waals surface area (Å²) in [5.41, 5.74) is 6.60. The summed E-state index contributed by atoms with van der Waals surface area (Å²) in [6.07, 6.45) is 3.96. The van der Waals surface area contributed by atoms with Gasteiger partial charge in [-0.3, -0.25) is 34.4 Å². The van der Waals surface area contributed by atoms with Crippen molar-refractivity contribution < 1.29 is 33.8 Å². The van der Waals surface area contributed by atoms with Gasteiger partial charge < -0.3 is 14.6 Å². The lowest BCUT2D eigenvalue weighted by Crippen LogP contribution is -2.53. The first-order chi connectivity index (χ1) is 28.1. The van der Waals surface area contributed by atoms with Gasteiger partial charge >= 0.3 is 0 Å². The summed E-state index contributed by atoms with van der Waals surface area (Å²) in [5.74, 6) is -4.52. The molecule has 0 spiro atoms. The lowest BCUT2D eigenvalue weighted by molar-refractivity contribution is -0.144. The summed E-state index contributed by atoms with van der Waals surface area (Å²) in [6, 6.07) is 30.4. The van der Waals surface area contributed by atoms with E-state index in [1.165, 1.54) is 19.8 Å². The number of ether oxygens (including phenoxy) is 2. The predicted octanol–water partition coefficient (Wildman–Crippen LogP) is 6.37. The Labute approximate surface area is 338 Å². The Bertz CT molecular complexity index is 2260. The van der Waals surface area contributed by atoms with Gasteiger partial charge in [0.25, 0.3) is 11.8 Å². The highest BCUT2D eigenvalue weighted by molar-refractivity contribution is 6.13. The maximum absolute atomic E-state index is 15.5. The third-order valence-electron chi connectivity index (χ3n) is 13.4. The van der Waals surface area contributed by atoms with Crippen LogP contribution in [0.15, 0.2) is 109 Å². The van der Waals surface area contributed by atoms with Crippen LogP contribution in [0.2, 0.25) is 0 Å². The van der Waals surface area contributed by atoms with Gasteiger partial charge in [-0.1, -0.05) is 90.0 Å². The Morgan fingerprint density at radius 2 is 1.43 bits per heavy atom. The maximum Gasteiger partial charge on any atom is 0.260 e. The molecular weight excluding hydrogens is 733 g/mol. The average Bonchev–Trinajstić information content (AvgIpc) is 3.63. The molecule has 0 unspecified atom stereocenters. The molecule has 3 aliphatic heterocycles. The van der Waals surface area contributed by atoms with Crippen molar-refractivity contribution in [2.75, 3.05) is 32.7 Å². The number of carbonyl (C=O) groups is 4. The van der Waals surface area contributed by atoms with Crippen LogP contribution in [0.25, 0.3) is 0 Å². The van der Waals surface area contributed by atoms with E-state index in [2.05, 4.69) is 22.5 Å². The fourth-order valence-electron chi connectivity index (χ4n) is 10.8. The number of imide groups is 2. The SMILES string of the molecule is COc1cc([C@H]2C3=CC[C@@H]4C(=O)N(C5CCN(Cc6ccccc6)CC5)C(=O)[C@@H]4[C@@H]3C[C@H]3C(=O)N(Nc4ccc(C)cc4)C(=O)[C@@]23c2ccccc2)cc(OC)c1O. The van der Waals surface area contributed by atoms with Crippen LogP contribution in [-0.4, -0.2) is 76.9 Å². The Morgan fingerprint density at radius 3 is 2.07 bits per heavy atom. The fraction of sp³-hybridized carbons (Fsp3) is 0.362. The standard InChI is InChI=1S/C47H48N4O7/c1-28-14-16-32(17-15-28)48-51-44(54)37-26-36-34(41(30-24-38(57-2)42(52)39(25-30)58-3)47(37,46(51)56)31-12-8-5-9-13-31)18-19-35-40(36)45(55)50(43(35)53)33-20-22-49(23-21-33)27-29-10-6-4-7-11-29/h4-18,24-25,33,35-37,40-41,48,52H,19-23,26-27H2,1-3H3/t35-,36+,37-,40-,41-,47+/m0/s1. The number of fused-ring (bicyclic) bond motifs is 4. The normalized spacial score (nSPS) is 27.2. The minimum atomic E-state index is -1.46. The van der Waals surface area contributed by atoms with E-state index in [9.17, 15) is 14.7 Å². The lowest BCUT2D eigenvalue weighted by Gasteiger charge is -2.50. The molecule has 6 atom stereocenters. The first kappa shape index (κ1) is 37.6. The Balaban J connectivity index is 1.13. The Morgan fingerprint density at radius 1 is 0.793 bits per heavy atom. The van der Waals surface area contributed by atoms with Gasteiger partial charge in [-0.05, 0) is 79.5 Å². The number of aryl methyl sites for hydroxylation is 1. The zero-order valence-electron chi connectivity index (χ0n) is 33.0.